The molecule has 0 aliphatic carbocycles. The molecule has 1 aromatic rings. The lowest BCUT2D eigenvalue weighted by Gasteiger charge is -2.22. The number of carboxylic acid groups (broad SMARTS) is 1. The van der Waals surface area contributed by atoms with Gasteiger partial charge in [0.25, 0.3) is 0 Å². The van der Waals surface area contributed by atoms with Crippen LogP contribution in [0.2, 0.25) is 0 Å². The summed E-state index contributed by atoms with van der Waals surface area (Å²) in [5.74, 6) is -3.29. The monoisotopic (exact) mass is 374 g/mol. The van der Waals surface area contributed by atoms with Gasteiger partial charge in [-0.1, -0.05) is 44.2 Å². The van der Waals surface area contributed by atoms with Gasteiger partial charge in [-0.15, -0.1) is 0 Å². The van der Waals surface area contributed by atoms with Crippen molar-refractivity contribution in [2.24, 2.45) is 5.92 Å². The van der Waals surface area contributed by atoms with Crippen LogP contribution < -0.4 is 10.6 Å². The highest BCUT2D eigenvalue weighted by Gasteiger charge is 2.37. The highest BCUT2D eigenvalue weighted by atomic mass is 19.4. The van der Waals surface area contributed by atoms with E-state index >= 15 is 0 Å². The van der Waals surface area contributed by atoms with Crippen molar-refractivity contribution in [2.75, 3.05) is 0 Å². The van der Waals surface area contributed by atoms with E-state index in [1.54, 1.807) is 32.0 Å². The van der Waals surface area contributed by atoms with Gasteiger partial charge in [-0.2, -0.15) is 13.2 Å². The van der Waals surface area contributed by atoms with Crippen LogP contribution in [-0.2, 0) is 14.4 Å². The first kappa shape index (κ1) is 21.5. The second kappa shape index (κ2) is 9.21. The first-order valence-corrected chi connectivity index (χ1v) is 7.94. The van der Waals surface area contributed by atoms with E-state index in [1.165, 1.54) is 12.1 Å². The number of carboxylic acids is 1. The van der Waals surface area contributed by atoms with Gasteiger partial charge < -0.3 is 15.7 Å². The first-order valence-electron chi connectivity index (χ1n) is 7.94. The average molecular weight is 374 g/mol. The highest BCUT2D eigenvalue weighted by molar-refractivity contribution is 5.91. The van der Waals surface area contributed by atoms with Crippen LogP contribution in [0.15, 0.2) is 30.3 Å². The molecule has 1 aromatic carbocycles. The largest absolute Gasteiger partial charge is 0.480 e. The topological polar surface area (TPSA) is 95.5 Å². The Balaban J connectivity index is 2.99. The molecule has 26 heavy (non-hydrogen) atoms. The zero-order valence-electron chi connectivity index (χ0n) is 14.3. The second-order valence-electron chi connectivity index (χ2n) is 6.23. The van der Waals surface area contributed by atoms with E-state index in [0.717, 1.165) is 0 Å². The number of rotatable bonds is 8. The molecule has 0 aliphatic heterocycles. The Hall–Kier alpha value is -2.58. The molecule has 6 nitrogen and oxygen atoms in total. The number of carbonyl (C=O) groups is 3. The maximum absolute atomic E-state index is 12.5. The zero-order chi connectivity index (χ0) is 19.9. The Morgan fingerprint density at radius 1 is 1.08 bits per heavy atom. The van der Waals surface area contributed by atoms with Gasteiger partial charge in [-0.25, -0.2) is 4.79 Å². The number of halogens is 3. The molecular formula is C17H21F3N2O4. The van der Waals surface area contributed by atoms with Crippen molar-refractivity contribution >= 4 is 17.8 Å². The van der Waals surface area contributed by atoms with E-state index in [0.29, 0.717) is 5.56 Å². The summed E-state index contributed by atoms with van der Waals surface area (Å²) in [6, 6.07) is 4.44. The minimum absolute atomic E-state index is 0.00600. The molecule has 0 saturated carbocycles. The fraction of sp³-hybridized carbons (Fsp3) is 0.471. The van der Waals surface area contributed by atoms with Crippen molar-refractivity contribution in [2.45, 2.75) is 44.9 Å². The molecule has 0 aromatic heterocycles. The molecule has 2 amide bonds. The van der Waals surface area contributed by atoms with E-state index < -0.39 is 42.5 Å². The van der Waals surface area contributed by atoms with E-state index in [4.69, 9.17) is 5.11 Å². The Morgan fingerprint density at radius 3 is 2.12 bits per heavy atom. The van der Waals surface area contributed by atoms with E-state index in [1.807, 2.05) is 5.32 Å². The second-order valence-corrected chi connectivity index (χ2v) is 6.23. The highest BCUT2D eigenvalue weighted by Crippen LogP contribution is 2.22. The van der Waals surface area contributed by atoms with Crippen molar-refractivity contribution in [3.8, 4) is 0 Å². The summed E-state index contributed by atoms with van der Waals surface area (Å²) < 4.78 is 37.5. The van der Waals surface area contributed by atoms with Gasteiger partial charge in [0.15, 0.2) is 0 Å². The molecule has 2 unspecified atom stereocenters. The SMILES string of the molecule is CC(C)CC(=O)NC(C(=O)NC(CC(F)(F)F)C(=O)O)c1ccccc1. The minimum atomic E-state index is -4.76. The number of nitrogens with one attached hydrogen (secondary N) is 2. The molecule has 3 N–H and O–H groups in total. The van der Waals surface area contributed by atoms with E-state index in [9.17, 15) is 27.6 Å². The number of carbonyl (C=O) groups excluding carboxylic acids is 2. The fourth-order valence-electron chi connectivity index (χ4n) is 2.22. The molecule has 0 spiro atoms. The quantitative estimate of drug-likeness (QED) is 0.651. The van der Waals surface area contributed by atoms with Gasteiger partial charge >= 0.3 is 12.1 Å². The summed E-state index contributed by atoms with van der Waals surface area (Å²) in [6.07, 6.45) is -6.36. The van der Waals surface area contributed by atoms with Crippen LogP contribution >= 0.6 is 0 Å². The van der Waals surface area contributed by atoms with Crippen molar-refractivity contribution in [1.82, 2.24) is 10.6 Å². The van der Waals surface area contributed by atoms with Gasteiger partial charge in [0.05, 0.1) is 6.42 Å². The lowest BCUT2D eigenvalue weighted by atomic mass is 10.0. The molecular weight excluding hydrogens is 353 g/mol. The van der Waals surface area contributed by atoms with E-state index in [2.05, 4.69) is 5.32 Å². The van der Waals surface area contributed by atoms with Crippen LogP contribution in [0.25, 0.3) is 0 Å². The normalized spacial score (nSPS) is 13.8. The third-order valence-electron chi connectivity index (χ3n) is 3.34. The van der Waals surface area contributed by atoms with Gasteiger partial charge in [0.1, 0.15) is 12.1 Å². The Morgan fingerprint density at radius 2 is 1.65 bits per heavy atom. The maximum atomic E-state index is 12.5. The molecule has 2 atom stereocenters. The third-order valence-corrected chi connectivity index (χ3v) is 3.34. The number of hydrogen-bond donors (Lipinski definition) is 3. The van der Waals surface area contributed by atoms with Crippen molar-refractivity contribution in [3.63, 3.8) is 0 Å². The standard InChI is InChI=1S/C17H21F3N2O4/c1-10(2)8-13(23)22-14(11-6-4-3-5-7-11)15(24)21-12(16(25)26)9-17(18,19)20/h3-7,10,12,14H,8-9H2,1-2H3,(H,21,24)(H,22,23)(H,25,26). The van der Waals surface area contributed by atoms with Crippen LogP contribution in [-0.4, -0.2) is 35.1 Å². The lowest BCUT2D eigenvalue weighted by molar-refractivity contribution is -0.160. The van der Waals surface area contributed by atoms with E-state index in [-0.39, 0.29) is 12.3 Å². The van der Waals surface area contributed by atoms with Crippen molar-refractivity contribution in [1.29, 1.82) is 0 Å². The summed E-state index contributed by atoms with van der Waals surface area (Å²) in [7, 11) is 0. The third kappa shape index (κ3) is 7.54. The van der Waals surface area contributed by atoms with Gasteiger partial charge in [0.2, 0.25) is 11.8 Å². The summed E-state index contributed by atoms with van der Waals surface area (Å²) in [4.78, 5) is 35.4. The number of hydrogen-bond acceptors (Lipinski definition) is 3. The fourth-order valence-corrected chi connectivity index (χ4v) is 2.22. The zero-order valence-corrected chi connectivity index (χ0v) is 14.3. The molecule has 0 bridgehead atoms. The Bertz CT molecular complexity index is 633. The lowest BCUT2D eigenvalue weighted by Crippen LogP contribution is -2.48. The average Bonchev–Trinajstić information content (AvgIpc) is 2.50. The smallest absolute Gasteiger partial charge is 0.391 e. The Labute approximate surface area is 148 Å². The molecule has 0 saturated heterocycles. The number of benzene rings is 1. The maximum Gasteiger partial charge on any atom is 0.391 e. The minimum Gasteiger partial charge on any atom is -0.480 e. The summed E-state index contributed by atoms with van der Waals surface area (Å²) in [5.41, 5.74) is 0.332. The molecule has 9 heteroatoms. The predicted octanol–water partition coefficient (Wildman–Crippen LogP) is 2.41. The molecule has 144 valence electrons. The summed E-state index contributed by atoms with van der Waals surface area (Å²) in [5, 5.41) is 13.2. The molecule has 1 rings (SSSR count). The molecule has 0 aliphatic rings. The predicted molar refractivity (Wildman–Crippen MR) is 87.0 cm³/mol. The van der Waals surface area contributed by atoms with Crippen LogP contribution in [0.1, 0.15) is 38.3 Å². The van der Waals surface area contributed by atoms with Crippen LogP contribution in [0.3, 0.4) is 0 Å². The number of aliphatic carboxylic acids is 1. The Kier molecular flexibility index (Phi) is 7.60. The van der Waals surface area contributed by atoms with Gasteiger partial charge in [-0.3, -0.25) is 9.59 Å². The molecule has 0 heterocycles. The molecule has 0 radical (unpaired) electrons. The molecule has 0 fully saturated rings. The summed E-state index contributed by atoms with van der Waals surface area (Å²) in [6.45, 7) is 3.59. The van der Waals surface area contributed by atoms with Crippen LogP contribution in [0, 0.1) is 5.92 Å². The number of alkyl halides is 3. The van der Waals surface area contributed by atoms with Gasteiger partial charge in [0, 0.05) is 6.42 Å². The first-order chi connectivity index (χ1) is 12.0. The van der Waals surface area contributed by atoms with Crippen LogP contribution in [0.4, 0.5) is 13.2 Å². The van der Waals surface area contributed by atoms with Gasteiger partial charge in [-0.05, 0) is 11.5 Å². The van der Waals surface area contributed by atoms with Crippen molar-refractivity contribution in [3.05, 3.63) is 35.9 Å². The number of amides is 2. The van der Waals surface area contributed by atoms with Crippen LogP contribution in [0.5, 0.6) is 0 Å². The summed E-state index contributed by atoms with van der Waals surface area (Å²) >= 11 is 0. The van der Waals surface area contributed by atoms with Crippen molar-refractivity contribution < 1.29 is 32.7 Å².